The van der Waals surface area contributed by atoms with Gasteiger partial charge in [0.15, 0.2) is 0 Å². The number of ether oxygens (including phenoxy) is 2. The van der Waals surface area contributed by atoms with Gasteiger partial charge in [-0.15, -0.1) is 0 Å². The van der Waals surface area contributed by atoms with Crippen LogP contribution in [0.1, 0.15) is 18.3 Å². The number of hydrogen-bond donors (Lipinski definition) is 0. The highest BCUT2D eigenvalue weighted by Crippen LogP contribution is 2.34. The number of carbonyl (C=O) groups excluding carboxylic acids is 2. The minimum atomic E-state index is -0.363. The molecule has 0 radical (unpaired) electrons. The first-order chi connectivity index (χ1) is 13.2. The molecule has 0 bridgehead atoms. The third-order valence-corrected chi connectivity index (χ3v) is 5.09. The summed E-state index contributed by atoms with van der Waals surface area (Å²) in [6.07, 6.45) is 1.54. The molecule has 2 aliphatic heterocycles. The van der Waals surface area contributed by atoms with E-state index in [1.54, 1.807) is 29.2 Å². The van der Waals surface area contributed by atoms with Gasteiger partial charge in [0.1, 0.15) is 17.6 Å². The van der Waals surface area contributed by atoms with Crippen LogP contribution in [-0.4, -0.2) is 50.1 Å². The van der Waals surface area contributed by atoms with Crippen molar-refractivity contribution in [2.24, 2.45) is 5.92 Å². The van der Waals surface area contributed by atoms with Gasteiger partial charge >= 0.3 is 0 Å². The molecule has 0 N–H and O–H groups in total. The quantitative estimate of drug-likeness (QED) is 0.825. The van der Waals surface area contributed by atoms with Crippen molar-refractivity contribution in [2.75, 3.05) is 38.3 Å². The van der Waals surface area contributed by atoms with Crippen molar-refractivity contribution in [3.8, 4) is 5.75 Å². The van der Waals surface area contributed by atoms with E-state index in [1.165, 1.54) is 0 Å². The fourth-order valence-corrected chi connectivity index (χ4v) is 3.71. The second-order valence-electron chi connectivity index (χ2n) is 6.74. The maximum atomic E-state index is 13.0. The van der Waals surface area contributed by atoms with Crippen LogP contribution in [-0.2, 0) is 14.3 Å². The molecule has 2 amide bonds. The molecule has 0 aliphatic carbocycles. The van der Waals surface area contributed by atoms with E-state index in [0.717, 1.165) is 0 Å². The Morgan fingerprint density at radius 3 is 2.81 bits per heavy atom. The van der Waals surface area contributed by atoms with Crippen molar-refractivity contribution >= 4 is 17.5 Å². The lowest BCUT2D eigenvalue weighted by molar-refractivity contribution is -0.144. The number of para-hydroxylation sites is 2. The molecule has 1 aromatic carbocycles. The Labute approximate surface area is 157 Å². The van der Waals surface area contributed by atoms with Crippen LogP contribution in [0.5, 0.6) is 5.75 Å². The summed E-state index contributed by atoms with van der Waals surface area (Å²) in [5.41, 5.74) is 0.704. The number of hydrogen-bond acceptors (Lipinski definition) is 5. The molecule has 2 unspecified atom stereocenters. The topological polar surface area (TPSA) is 72.2 Å². The largest absolute Gasteiger partial charge is 0.495 e. The maximum Gasteiger partial charge on any atom is 0.228 e. The molecule has 1 aromatic heterocycles. The fourth-order valence-electron chi connectivity index (χ4n) is 3.71. The molecule has 2 aromatic rings. The van der Waals surface area contributed by atoms with E-state index in [0.29, 0.717) is 43.4 Å². The van der Waals surface area contributed by atoms with Crippen molar-refractivity contribution in [1.29, 1.82) is 0 Å². The summed E-state index contributed by atoms with van der Waals surface area (Å²) in [5, 5.41) is 0. The molecule has 2 fully saturated rings. The van der Waals surface area contributed by atoms with E-state index in [2.05, 4.69) is 0 Å². The van der Waals surface area contributed by atoms with Gasteiger partial charge < -0.3 is 23.7 Å². The number of rotatable bonds is 4. The van der Waals surface area contributed by atoms with Gasteiger partial charge in [-0.1, -0.05) is 12.1 Å². The third kappa shape index (κ3) is 3.42. The summed E-state index contributed by atoms with van der Waals surface area (Å²) >= 11 is 0. The average molecular weight is 370 g/mol. The van der Waals surface area contributed by atoms with Crippen LogP contribution in [0.15, 0.2) is 47.1 Å². The summed E-state index contributed by atoms with van der Waals surface area (Å²) in [7, 11) is 1.57. The summed E-state index contributed by atoms with van der Waals surface area (Å²) < 4.78 is 16.5. The van der Waals surface area contributed by atoms with Gasteiger partial charge in [0.2, 0.25) is 11.8 Å². The monoisotopic (exact) mass is 370 g/mol. The summed E-state index contributed by atoms with van der Waals surface area (Å²) in [5.74, 6) is 0.904. The molecule has 0 spiro atoms. The first-order valence-electron chi connectivity index (χ1n) is 9.04. The van der Waals surface area contributed by atoms with E-state index in [1.807, 2.05) is 30.3 Å². The summed E-state index contributed by atoms with van der Waals surface area (Å²) in [6, 6.07) is 11.0. The summed E-state index contributed by atoms with van der Waals surface area (Å²) in [6.45, 7) is 1.77. The highest BCUT2D eigenvalue weighted by Gasteiger charge is 2.39. The number of nitrogens with zero attached hydrogens (tertiary/aromatic N) is 2. The van der Waals surface area contributed by atoms with E-state index >= 15 is 0 Å². The number of benzene rings is 1. The van der Waals surface area contributed by atoms with Gasteiger partial charge in [0, 0.05) is 19.5 Å². The lowest BCUT2D eigenvalue weighted by Gasteiger charge is -2.33. The zero-order chi connectivity index (χ0) is 18.8. The molecular weight excluding hydrogens is 348 g/mol. The van der Waals surface area contributed by atoms with E-state index in [4.69, 9.17) is 13.9 Å². The third-order valence-electron chi connectivity index (χ3n) is 5.09. The molecule has 0 saturated carbocycles. The molecule has 7 nitrogen and oxygen atoms in total. The SMILES string of the molecule is COc1ccccc1N1CC(C(=O)N2CCOC(c3ccco3)C2)CC1=O. The lowest BCUT2D eigenvalue weighted by atomic mass is 10.1. The first-order valence-corrected chi connectivity index (χ1v) is 9.04. The highest BCUT2D eigenvalue weighted by atomic mass is 16.5. The second kappa shape index (κ2) is 7.44. The Kier molecular flexibility index (Phi) is 4.85. The lowest BCUT2D eigenvalue weighted by Crippen LogP contribution is -2.45. The minimum absolute atomic E-state index is 0.0133. The molecular formula is C20H22N2O5. The minimum Gasteiger partial charge on any atom is -0.495 e. The molecule has 142 valence electrons. The van der Waals surface area contributed by atoms with Crippen molar-refractivity contribution in [3.05, 3.63) is 48.4 Å². The zero-order valence-electron chi connectivity index (χ0n) is 15.2. The number of morpholine rings is 1. The van der Waals surface area contributed by atoms with Crippen LogP contribution >= 0.6 is 0 Å². The molecule has 7 heteroatoms. The smallest absolute Gasteiger partial charge is 0.228 e. The van der Waals surface area contributed by atoms with Crippen LogP contribution in [0.2, 0.25) is 0 Å². The highest BCUT2D eigenvalue weighted by molar-refractivity contribution is 6.01. The van der Waals surface area contributed by atoms with Crippen molar-refractivity contribution < 1.29 is 23.5 Å². The Balaban J connectivity index is 1.46. The number of carbonyl (C=O) groups is 2. The molecule has 2 atom stereocenters. The predicted molar refractivity (Wildman–Crippen MR) is 97.4 cm³/mol. The van der Waals surface area contributed by atoms with Crippen LogP contribution in [0, 0.1) is 5.92 Å². The van der Waals surface area contributed by atoms with Gasteiger partial charge in [-0.2, -0.15) is 0 Å². The number of methoxy groups -OCH3 is 1. The van der Waals surface area contributed by atoms with Crippen LogP contribution in [0.4, 0.5) is 5.69 Å². The Bertz CT molecular complexity index is 820. The van der Waals surface area contributed by atoms with Crippen LogP contribution < -0.4 is 9.64 Å². The average Bonchev–Trinajstić information content (AvgIpc) is 3.37. The van der Waals surface area contributed by atoms with Crippen molar-refractivity contribution in [1.82, 2.24) is 4.90 Å². The number of anilines is 1. The molecule has 27 heavy (non-hydrogen) atoms. The normalized spacial score (nSPS) is 22.9. The van der Waals surface area contributed by atoms with Crippen molar-refractivity contribution in [2.45, 2.75) is 12.5 Å². The standard InChI is InChI=1S/C20H22N2O5/c1-25-16-6-3-2-5-15(16)22-12-14(11-19(22)23)20(24)21-8-10-27-18(13-21)17-7-4-9-26-17/h2-7,9,14,18H,8,10-13H2,1H3. The van der Waals surface area contributed by atoms with Gasteiger partial charge in [-0.05, 0) is 24.3 Å². The van der Waals surface area contributed by atoms with Crippen LogP contribution in [0.25, 0.3) is 0 Å². The first kappa shape index (κ1) is 17.6. The number of furan rings is 1. The molecule has 4 rings (SSSR count). The van der Waals surface area contributed by atoms with E-state index in [9.17, 15) is 9.59 Å². The molecule has 2 aliphatic rings. The molecule has 2 saturated heterocycles. The van der Waals surface area contributed by atoms with Gasteiger partial charge in [-0.25, -0.2) is 0 Å². The maximum absolute atomic E-state index is 13.0. The predicted octanol–water partition coefficient (Wildman–Crippen LogP) is 2.24. The second-order valence-corrected chi connectivity index (χ2v) is 6.74. The van der Waals surface area contributed by atoms with E-state index < -0.39 is 0 Å². The zero-order valence-corrected chi connectivity index (χ0v) is 15.2. The Morgan fingerprint density at radius 1 is 1.19 bits per heavy atom. The van der Waals surface area contributed by atoms with Crippen molar-refractivity contribution in [3.63, 3.8) is 0 Å². The van der Waals surface area contributed by atoms with Crippen LogP contribution in [0.3, 0.4) is 0 Å². The Hall–Kier alpha value is -2.80. The van der Waals surface area contributed by atoms with E-state index in [-0.39, 0.29) is 30.3 Å². The van der Waals surface area contributed by atoms with Gasteiger partial charge in [0.05, 0.1) is 38.1 Å². The van der Waals surface area contributed by atoms with Gasteiger partial charge in [0.25, 0.3) is 0 Å². The fraction of sp³-hybridized carbons (Fsp3) is 0.400. The Morgan fingerprint density at radius 2 is 2.04 bits per heavy atom. The number of amides is 2. The summed E-state index contributed by atoms with van der Waals surface area (Å²) in [4.78, 5) is 29.0. The van der Waals surface area contributed by atoms with Gasteiger partial charge in [-0.3, -0.25) is 9.59 Å². The molecule has 3 heterocycles.